The Kier molecular flexibility index (Phi) is 4.73. The number of carbonyl (C=O) groups is 1. The molecule has 0 bridgehead atoms. The maximum Gasteiger partial charge on any atom is 0.233 e. The van der Waals surface area contributed by atoms with E-state index in [1.165, 1.54) is 17.0 Å². The lowest BCUT2D eigenvalue weighted by atomic mass is 10.3. The van der Waals surface area contributed by atoms with Gasteiger partial charge in [-0.05, 0) is 12.1 Å². The van der Waals surface area contributed by atoms with Crippen LogP contribution in [0.3, 0.4) is 0 Å². The van der Waals surface area contributed by atoms with E-state index in [0.29, 0.717) is 12.4 Å². The number of H-pyrrole nitrogens is 1. The van der Waals surface area contributed by atoms with Crippen molar-refractivity contribution in [2.75, 3.05) is 12.8 Å². The summed E-state index contributed by atoms with van der Waals surface area (Å²) < 4.78 is 26.2. The second-order valence-corrected chi connectivity index (χ2v) is 5.17. The van der Waals surface area contributed by atoms with Crippen molar-refractivity contribution < 1.29 is 13.6 Å². The lowest BCUT2D eigenvalue weighted by Gasteiger charge is -2.15. The van der Waals surface area contributed by atoms with Crippen LogP contribution in [0.1, 0.15) is 5.82 Å². The van der Waals surface area contributed by atoms with Crippen molar-refractivity contribution in [1.29, 1.82) is 0 Å². The van der Waals surface area contributed by atoms with Crippen LogP contribution in [-0.4, -0.2) is 33.6 Å². The van der Waals surface area contributed by atoms with E-state index in [4.69, 9.17) is 0 Å². The first-order valence-electron chi connectivity index (χ1n) is 5.86. The van der Waals surface area contributed by atoms with Crippen molar-refractivity contribution in [3.05, 3.63) is 48.1 Å². The first-order chi connectivity index (χ1) is 9.56. The third kappa shape index (κ3) is 3.80. The highest BCUT2D eigenvalue weighted by Crippen LogP contribution is 2.22. The molecule has 0 spiro atoms. The Morgan fingerprint density at radius 1 is 1.45 bits per heavy atom. The predicted octanol–water partition coefficient (Wildman–Crippen LogP) is 2.44. The summed E-state index contributed by atoms with van der Waals surface area (Å²) in [6, 6.07) is 3.30. The van der Waals surface area contributed by atoms with Crippen molar-refractivity contribution in [2.24, 2.45) is 0 Å². The summed E-state index contributed by atoms with van der Waals surface area (Å²) in [7, 11) is 1.65. The van der Waals surface area contributed by atoms with E-state index in [0.717, 1.165) is 17.8 Å². The van der Waals surface area contributed by atoms with Crippen LogP contribution in [-0.2, 0) is 11.3 Å². The van der Waals surface area contributed by atoms with Gasteiger partial charge in [-0.25, -0.2) is 13.8 Å². The molecule has 4 nitrogen and oxygen atoms in total. The molecule has 0 saturated heterocycles. The molecule has 2 aromatic rings. The molecular weight excluding hydrogens is 284 g/mol. The number of hydrogen-bond acceptors (Lipinski definition) is 3. The molecule has 0 aliphatic rings. The molecule has 20 heavy (non-hydrogen) atoms. The van der Waals surface area contributed by atoms with E-state index in [-0.39, 0.29) is 16.6 Å². The van der Waals surface area contributed by atoms with E-state index in [9.17, 15) is 13.6 Å². The molecule has 106 valence electrons. The SMILES string of the molecule is CN(Cc1ncc[nH]1)C(=O)CSc1ccc(F)cc1F. The van der Waals surface area contributed by atoms with Crippen LogP contribution in [0.4, 0.5) is 8.78 Å². The third-order valence-corrected chi connectivity index (χ3v) is 3.65. The number of halogens is 2. The van der Waals surface area contributed by atoms with Gasteiger partial charge in [-0.2, -0.15) is 0 Å². The lowest BCUT2D eigenvalue weighted by molar-refractivity contribution is -0.127. The summed E-state index contributed by atoms with van der Waals surface area (Å²) in [4.78, 5) is 20.6. The molecule has 1 N–H and O–H groups in total. The van der Waals surface area contributed by atoms with Gasteiger partial charge in [-0.3, -0.25) is 4.79 Å². The number of rotatable bonds is 5. The van der Waals surface area contributed by atoms with Crippen LogP contribution in [0.15, 0.2) is 35.5 Å². The molecule has 0 radical (unpaired) electrons. The number of aromatic amines is 1. The van der Waals surface area contributed by atoms with Crippen LogP contribution in [0.5, 0.6) is 0 Å². The molecule has 0 fully saturated rings. The lowest BCUT2D eigenvalue weighted by Crippen LogP contribution is -2.28. The highest BCUT2D eigenvalue weighted by molar-refractivity contribution is 8.00. The highest BCUT2D eigenvalue weighted by atomic mass is 32.2. The monoisotopic (exact) mass is 297 g/mol. The van der Waals surface area contributed by atoms with Gasteiger partial charge in [0, 0.05) is 30.4 Å². The summed E-state index contributed by atoms with van der Waals surface area (Å²) in [6.07, 6.45) is 3.28. The molecule has 1 aromatic heterocycles. The summed E-state index contributed by atoms with van der Waals surface area (Å²) in [5.41, 5.74) is 0. The molecule has 0 unspecified atom stereocenters. The molecular formula is C13H13F2N3OS. The topological polar surface area (TPSA) is 49.0 Å². The number of nitrogens with zero attached hydrogens (tertiary/aromatic N) is 2. The minimum atomic E-state index is -0.656. The number of hydrogen-bond donors (Lipinski definition) is 1. The molecule has 1 heterocycles. The zero-order valence-corrected chi connectivity index (χ0v) is 11.6. The summed E-state index contributed by atoms with van der Waals surface area (Å²) in [6.45, 7) is 0.359. The molecule has 0 atom stereocenters. The van der Waals surface area contributed by atoms with Gasteiger partial charge in [0.1, 0.15) is 17.5 Å². The average molecular weight is 297 g/mol. The molecule has 0 aliphatic carbocycles. The van der Waals surface area contributed by atoms with Crippen molar-refractivity contribution in [3.8, 4) is 0 Å². The van der Waals surface area contributed by atoms with Gasteiger partial charge >= 0.3 is 0 Å². The molecule has 1 aromatic carbocycles. The highest BCUT2D eigenvalue weighted by Gasteiger charge is 2.12. The smallest absolute Gasteiger partial charge is 0.233 e. The quantitative estimate of drug-likeness (QED) is 0.862. The number of nitrogens with one attached hydrogen (secondary N) is 1. The first kappa shape index (κ1) is 14.5. The van der Waals surface area contributed by atoms with E-state index < -0.39 is 11.6 Å². The van der Waals surface area contributed by atoms with E-state index in [1.807, 2.05) is 0 Å². The maximum atomic E-state index is 13.4. The molecule has 2 rings (SSSR count). The standard InChI is InChI=1S/C13H13F2N3OS/c1-18(7-12-16-4-5-17-12)13(19)8-20-11-3-2-9(14)6-10(11)15/h2-6H,7-8H2,1H3,(H,16,17). The number of amides is 1. The Hall–Kier alpha value is -1.89. The first-order valence-corrected chi connectivity index (χ1v) is 6.85. The number of carbonyl (C=O) groups excluding carboxylic acids is 1. The fraction of sp³-hybridized carbons (Fsp3) is 0.231. The number of imidazole rings is 1. The number of thioether (sulfide) groups is 1. The average Bonchev–Trinajstić information content (AvgIpc) is 2.90. The Morgan fingerprint density at radius 2 is 2.25 bits per heavy atom. The number of aromatic nitrogens is 2. The van der Waals surface area contributed by atoms with Gasteiger partial charge < -0.3 is 9.88 Å². The Labute approximate surface area is 119 Å². The van der Waals surface area contributed by atoms with Gasteiger partial charge in [0.05, 0.1) is 12.3 Å². The van der Waals surface area contributed by atoms with Crippen LogP contribution in [0, 0.1) is 11.6 Å². The molecule has 0 aliphatic heterocycles. The van der Waals surface area contributed by atoms with Crippen molar-refractivity contribution in [1.82, 2.24) is 14.9 Å². The Morgan fingerprint density at radius 3 is 2.90 bits per heavy atom. The van der Waals surface area contributed by atoms with E-state index in [2.05, 4.69) is 9.97 Å². The Bertz CT molecular complexity index is 589. The number of benzene rings is 1. The molecule has 0 saturated carbocycles. The second-order valence-electron chi connectivity index (χ2n) is 4.15. The predicted molar refractivity (Wildman–Crippen MR) is 72.1 cm³/mol. The van der Waals surface area contributed by atoms with Crippen molar-refractivity contribution in [2.45, 2.75) is 11.4 Å². The van der Waals surface area contributed by atoms with Gasteiger partial charge in [-0.15, -0.1) is 11.8 Å². The molecule has 7 heteroatoms. The normalized spacial score (nSPS) is 10.6. The summed E-state index contributed by atoms with van der Waals surface area (Å²) in [5.74, 6) is -0.682. The zero-order valence-electron chi connectivity index (χ0n) is 10.8. The van der Waals surface area contributed by atoms with Crippen LogP contribution >= 0.6 is 11.8 Å². The summed E-state index contributed by atoms with van der Waals surface area (Å²) >= 11 is 1.04. The third-order valence-electron chi connectivity index (χ3n) is 2.61. The van der Waals surface area contributed by atoms with Gasteiger partial charge in [0.15, 0.2) is 0 Å². The van der Waals surface area contributed by atoms with E-state index >= 15 is 0 Å². The zero-order chi connectivity index (χ0) is 14.5. The fourth-order valence-electron chi connectivity index (χ4n) is 1.54. The van der Waals surface area contributed by atoms with Crippen molar-refractivity contribution >= 4 is 17.7 Å². The van der Waals surface area contributed by atoms with Crippen LogP contribution < -0.4 is 0 Å². The minimum absolute atomic E-state index is 0.0831. The fourth-order valence-corrected chi connectivity index (χ4v) is 2.40. The largest absolute Gasteiger partial charge is 0.347 e. The van der Waals surface area contributed by atoms with Gasteiger partial charge in [-0.1, -0.05) is 0 Å². The maximum absolute atomic E-state index is 13.4. The summed E-state index contributed by atoms with van der Waals surface area (Å²) in [5, 5.41) is 0. The van der Waals surface area contributed by atoms with Crippen LogP contribution in [0.2, 0.25) is 0 Å². The molecule has 1 amide bonds. The Balaban J connectivity index is 1.88. The van der Waals surface area contributed by atoms with Gasteiger partial charge in [0.25, 0.3) is 0 Å². The minimum Gasteiger partial charge on any atom is -0.347 e. The van der Waals surface area contributed by atoms with E-state index in [1.54, 1.807) is 19.4 Å². The second kappa shape index (κ2) is 6.51. The van der Waals surface area contributed by atoms with Crippen LogP contribution in [0.25, 0.3) is 0 Å². The van der Waals surface area contributed by atoms with Crippen molar-refractivity contribution in [3.63, 3.8) is 0 Å². The van der Waals surface area contributed by atoms with Gasteiger partial charge in [0.2, 0.25) is 5.91 Å².